The maximum absolute atomic E-state index is 11.8. The van der Waals surface area contributed by atoms with Crippen molar-refractivity contribution >= 4 is 5.91 Å². The Morgan fingerprint density at radius 1 is 1.71 bits per heavy atom. The Kier molecular flexibility index (Phi) is 4.06. The van der Waals surface area contributed by atoms with Crippen LogP contribution in [0.1, 0.15) is 10.4 Å². The van der Waals surface area contributed by atoms with E-state index in [-0.39, 0.29) is 5.91 Å². The molecule has 5 nitrogen and oxygen atoms in total. The number of rotatable bonds is 3. The van der Waals surface area contributed by atoms with Crippen molar-refractivity contribution in [3.8, 4) is 0 Å². The smallest absolute Gasteiger partial charge is 0.252 e. The molecule has 1 aromatic heterocycles. The zero-order valence-corrected chi connectivity index (χ0v) is 10.0. The summed E-state index contributed by atoms with van der Waals surface area (Å²) >= 11 is 0. The van der Waals surface area contributed by atoms with Crippen LogP contribution in [-0.2, 0) is 0 Å². The summed E-state index contributed by atoms with van der Waals surface area (Å²) in [5, 5.41) is 6.31. The molecule has 0 radical (unpaired) electrons. The highest BCUT2D eigenvalue weighted by Gasteiger charge is 2.17. The fourth-order valence-electron chi connectivity index (χ4n) is 1.94. The number of nitrogens with one attached hydrogen (secondary N) is 2. The van der Waals surface area contributed by atoms with Gasteiger partial charge in [-0.25, -0.2) is 0 Å². The van der Waals surface area contributed by atoms with Crippen LogP contribution in [-0.4, -0.2) is 55.1 Å². The topological polar surface area (TPSA) is 57.3 Å². The largest absolute Gasteiger partial charge is 0.350 e. The van der Waals surface area contributed by atoms with Crippen molar-refractivity contribution in [2.45, 2.75) is 6.04 Å². The van der Waals surface area contributed by atoms with Gasteiger partial charge in [0.25, 0.3) is 5.91 Å². The van der Waals surface area contributed by atoms with Crippen molar-refractivity contribution < 1.29 is 4.79 Å². The van der Waals surface area contributed by atoms with E-state index < -0.39 is 0 Å². The van der Waals surface area contributed by atoms with E-state index in [0.717, 1.165) is 19.6 Å². The van der Waals surface area contributed by atoms with E-state index in [1.165, 1.54) is 0 Å². The van der Waals surface area contributed by atoms with Crippen molar-refractivity contribution in [3.05, 3.63) is 30.1 Å². The SMILES string of the molecule is CN1CCNC(CNC(=O)c2cccnc2)C1. The molecule has 0 saturated carbocycles. The van der Waals surface area contributed by atoms with Crippen LogP contribution in [0.15, 0.2) is 24.5 Å². The molecule has 1 fully saturated rings. The van der Waals surface area contributed by atoms with E-state index in [1.54, 1.807) is 24.5 Å². The minimum absolute atomic E-state index is 0.0619. The van der Waals surface area contributed by atoms with Gasteiger partial charge in [-0.1, -0.05) is 0 Å². The van der Waals surface area contributed by atoms with E-state index >= 15 is 0 Å². The Hall–Kier alpha value is -1.46. The first-order valence-electron chi connectivity index (χ1n) is 5.86. The molecule has 1 atom stereocenters. The summed E-state index contributed by atoms with van der Waals surface area (Å²) in [6.45, 7) is 3.66. The van der Waals surface area contributed by atoms with Gasteiger partial charge in [0, 0.05) is 44.6 Å². The quantitative estimate of drug-likeness (QED) is 0.755. The number of piperazine rings is 1. The number of carbonyl (C=O) groups is 1. The second-order valence-corrected chi connectivity index (χ2v) is 4.37. The lowest BCUT2D eigenvalue weighted by atomic mass is 10.2. The standard InChI is InChI=1S/C12H18N4O/c1-16-6-5-14-11(9-16)8-15-12(17)10-3-2-4-13-7-10/h2-4,7,11,14H,5-6,8-9H2,1H3,(H,15,17). The summed E-state index contributed by atoms with van der Waals surface area (Å²) in [6.07, 6.45) is 3.24. The average Bonchev–Trinajstić information content (AvgIpc) is 2.37. The summed E-state index contributed by atoms with van der Waals surface area (Å²) in [7, 11) is 2.09. The second-order valence-electron chi connectivity index (χ2n) is 4.37. The Balaban J connectivity index is 1.80. The molecule has 17 heavy (non-hydrogen) atoms. The molecular weight excluding hydrogens is 216 g/mol. The van der Waals surface area contributed by atoms with Crippen molar-refractivity contribution in [2.75, 3.05) is 33.2 Å². The lowest BCUT2D eigenvalue weighted by Crippen LogP contribution is -2.53. The van der Waals surface area contributed by atoms with Gasteiger partial charge in [-0.15, -0.1) is 0 Å². The molecule has 2 N–H and O–H groups in total. The van der Waals surface area contributed by atoms with Crippen LogP contribution >= 0.6 is 0 Å². The van der Waals surface area contributed by atoms with Crippen LogP contribution in [0.2, 0.25) is 0 Å². The molecule has 1 amide bonds. The van der Waals surface area contributed by atoms with Gasteiger partial charge in [0.05, 0.1) is 5.56 Å². The first-order valence-corrected chi connectivity index (χ1v) is 5.86. The highest BCUT2D eigenvalue weighted by Crippen LogP contribution is 1.97. The number of hydrogen-bond donors (Lipinski definition) is 2. The molecule has 0 aliphatic carbocycles. The van der Waals surface area contributed by atoms with Gasteiger partial charge in [0.15, 0.2) is 0 Å². The molecule has 0 spiro atoms. The fourth-order valence-corrected chi connectivity index (χ4v) is 1.94. The first kappa shape index (κ1) is 12.0. The Morgan fingerprint density at radius 3 is 3.29 bits per heavy atom. The van der Waals surface area contributed by atoms with Gasteiger partial charge < -0.3 is 15.5 Å². The summed E-state index contributed by atoms with van der Waals surface area (Å²) < 4.78 is 0. The third-order valence-electron chi connectivity index (χ3n) is 2.89. The predicted octanol–water partition coefficient (Wildman–Crippen LogP) is -0.285. The van der Waals surface area contributed by atoms with Crippen LogP contribution in [0, 0.1) is 0 Å². The molecule has 0 bridgehead atoms. The Bertz CT molecular complexity index is 368. The molecule has 1 saturated heterocycles. The van der Waals surface area contributed by atoms with Crippen molar-refractivity contribution in [3.63, 3.8) is 0 Å². The summed E-state index contributed by atoms with van der Waals surface area (Å²) in [5.41, 5.74) is 0.608. The maximum atomic E-state index is 11.8. The van der Waals surface area contributed by atoms with Gasteiger partial charge in [0.2, 0.25) is 0 Å². The molecule has 1 aliphatic heterocycles. The van der Waals surface area contributed by atoms with Crippen molar-refractivity contribution in [2.24, 2.45) is 0 Å². The van der Waals surface area contributed by atoms with Crippen molar-refractivity contribution in [1.82, 2.24) is 20.5 Å². The van der Waals surface area contributed by atoms with E-state index in [1.807, 2.05) is 0 Å². The number of amides is 1. The van der Waals surface area contributed by atoms with Gasteiger partial charge in [-0.3, -0.25) is 9.78 Å². The molecule has 1 aromatic rings. The highest BCUT2D eigenvalue weighted by atomic mass is 16.1. The van der Waals surface area contributed by atoms with Gasteiger partial charge >= 0.3 is 0 Å². The van der Waals surface area contributed by atoms with E-state index in [9.17, 15) is 4.79 Å². The van der Waals surface area contributed by atoms with Crippen LogP contribution in [0.4, 0.5) is 0 Å². The number of likely N-dealkylation sites (N-methyl/N-ethyl adjacent to an activating group) is 1. The Labute approximate surface area is 101 Å². The molecule has 2 rings (SSSR count). The van der Waals surface area contributed by atoms with Crippen LogP contribution in [0.3, 0.4) is 0 Å². The zero-order valence-electron chi connectivity index (χ0n) is 10.0. The van der Waals surface area contributed by atoms with E-state index in [2.05, 4.69) is 27.6 Å². The minimum Gasteiger partial charge on any atom is -0.350 e. The van der Waals surface area contributed by atoms with Crippen LogP contribution in [0.5, 0.6) is 0 Å². The van der Waals surface area contributed by atoms with Gasteiger partial charge in [-0.05, 0) is 19.2 Å². The average molecular weight is 234 g/mol. The first-order chi connectivity index (χ1) is 8.25. The molecule has 2 heterocycles. The number of nitrogens with zero attached hydrogens (tertiary/aromatic N) is 2. The normalized spacial score (nSPS) is 21.1. The second kappa shape index (κ2) is 5.75. The lowest BCUT2D eigenvalue weighted by molar-refractivity contribution is 0.0943. The third-order valence-corrected chi connectivity index (χ3v) is 2.89. The lowest BCUT2D eigenvalue weighted by Gasteiger charge is -2.30. The number of hydrogen-bond acceptors (Lipinski definition) is 4. The molecule has 0 aromatic carbocycles. The predicted molar refractivity (Wildman–Crippen MR) is 65.9 cm³/mol. The number of pyridine rings is 1. The summed E-state index contributed by atoms with van der Waals surface area (Å²) in [4.78, 5) is 18.0. The molecule has 5 heteroatoms. The van der Waals surface area contributed by atoms with Crippen LogP contribution < -0.4 is 10.6 Å². The molecular formula is C12H18N4O. The maximum Gasteiger partial charge on any atom is 0.252 e. The van der Waals surface area contributed by atoms with Gasteiger partial charge in [-0.2, -0.15) is 0 Å². The zero-order chi connectivity index (χ0) is 12.1. The minimum atomic E-state index is -0.0619. The summed E-state index contributed by atoms with van der Waals surface area (Å²) in [5.74, 6) is -0.0619. The molecule has 92 valence electrons. The molecule has 1 unspecified atom stereocenters. The highest BCUT2D eigenvalue weighted by molar-refractivity contribution is 5.93. The monoisotopic (exact) mass is 234 g/mol. The summed E-state index contributed by atoms with van der Waals surface area (Å²) in [6, 6.07) is 3.86. The Morgan fingerprint density at radius 2 is 2.59 bits per heavy atom. The van der Waals surface area contributed by atoms with Gasteiger partial charge in [0.1, 0.15) is 0 Å². The number of aromatic nitrogens is 1. The van der Waals surface area contributed by atoms with Crippen molar-refractivity contribution in [1.29, 1.82) is 0 Å². The molecule has 1 aliphatic rings. The van der Waals surface area contributed by atoms with E-state index in [0.29, 0.717) is 18.2 Å². The van der Waals surface area contributed by atoms with Crippen LogP contribution in [0.25, 0.3) is 0 Å². The van der Waals surface area contributed by atoms with E-state index in [4.69, 9.17) is 0 Å². The fraction of sp³-hybridized carbons (Fsp3) is 0.500. The third kappa shape index (κ3) is 3.51. The number of carbonyl (C=O) groups excluding carboxylic acids is 1.